The zero-order chi connectivity index (χ0) is 11.7. The number of likely N-dealkylation sites (tertiary alicyclic amines) is 1. The molecule has 1 aromatic heterocycles. The zero-order valence-electron chi connectivity index (χ0n) is 10.6. The van der Waals surface area contributed by atoms with Crippen LogP contribution in [-0.2, 0) is 6.54 Å². The number of nitrogens with one attached hydrogen (secondary N) is 1. The van der Waals surface area contributed by atoms with E-state index in [0.717, 1.165) is 12.5 Å². The van der Waals surface area contributed by atoms with Crippen molar-refractivity contribution in [2.75, 3.05) is 25.5 Å². The van der Waals surface area contributed by atoms with Crippen LogP contribution in [0.3, 0.4) is 0 Å². The van der Waals surface area contributed by atoms with Gasteiger partial charge in [0.05, 0.1) is 6.20 Å². The third-order valence-corrected chi connectivity index (χ3v) is 3.92. The molecule has 1 saturated carbocycles. The lowest BCUT2D eigenvalue weighted by Crippen LogP contribution is -2.37. The number of anilines is 1. The Morgan fingerprint density at radius 1 is 1.29 bits per heavy atom. The van der Waals surface area contributed by atoms with E-state index in [1.165, 1.54) is 44.6 Å². The second-order valence-electron chi connectivity index (χ2n) is 5.56. The fourth-order valence-electron chi connectivity index (χ4n) is 2.51. The molecule has 1 aromatic rings. The van der Waals surface area contributed by atoms with Gasteiger partial charge in [-0.2, -0.15) is 5.10 Å². The molecule has 0 atom stereocenters. The molecule has 0 radical (unpaired) electrons. The Morgan fingerprint density at radius 3 is 2.76 bits per heavy atom. The largest absolute Gasteiger partial charge is 0.367 e. The van der Waals surface area contributed by atoms with Gasteiger partial charge in [-0.1, -0.05) is 0 Å². The minimum absolute atomic E-state index is 0.626. The number of nitrogens with zero attached hydrogens (tertiary/aromatic N) is 3. The molecule has 1 N–H and O–H groups in total. The van der Waals surface area contributed by atoms with E-state index in [1.54, 1.807) is 0 Å². The summed E-state index contributed by atoms with van der Waals surface area (Å²) in [6, 6.07) is 2.74. The third-order valence-electron chi connectivity index (χ3n) is 3.92. The van der Waals surface area contributed by atoms with Gasteiger partial charge in [-0.25, -0.2) is 4.68 Å². The molecule has 94 valence electrons. The van der Waals surface area contributed by atoms with E-state index >= 15 is 0 Å². The third kappa shape index (κ3) is 2.80. The number of hydrogen-bond donors (Lipinski definition) is 1. The second kappa shape index (κ2) is 4.69. The van der Waals surface area contributed by atoms with Crippen molar-refractivity contribution in [1.82, 2.24) is 14.7 Å². The topological polar surface area (TPSA) is 33.1 Å². The molecule has 0 unspecified atom stereocenters. The summed E-state index contributed by atoms with van der Waals surface area (Å²) in [4.78, 5) is 2.40. The van der Waals surface area contributed by atoms with E-state index in [4.69, 9.17) is 0 Å². The summed E-state index contributed by atoms with van der Waals surface area (Å²) in [7, 11) is 2.20. The fourth-order valence-corrected chi connectivity index (χ4v) is 2.51. The highest BCUT2D eigenvalue weighted by Gasteiger charge is 2.24. The van der Waals surface area contributed by atoms with Crippen molar-refractivity contribution >= 4 is 5.82 Å². The lowest BCUT2D eigenvalue weighted by atomic mass is 10.1. The normalized spacial score (nSPS) is 22.9. The SMILES string of the molecule is CN1CCC(Nc2ccnn2CC2CC2)CC1. The highest BCUT2D eigenvalue weighted by atomic mass is 15.3. The Hall–Kier alpha value is -1.03. The summed E-state index contributed by atoms with van der Waals surface area (Å²) < 4.78 is 2.15. The number of aromatic nitrogens is 2. The first-order valence-corrected chi connectivity index (χ1v) is 6.78. The Labute approximate surface area is 103 Å². The van der Waals surface area contributed by atoms with Crippen molar-refractivity contribution in [1.29, 1.82) is 0 Å². The van der Waals surface area contributed by atoms with Crippen molar-refractivity contribution in [2.45, 2.75) is 38.3 Å². The molecule has 0 amide bonds. The van der Waals surface area contributed by atoms with Gasteiger partial charge >= 0.3 is 0 Å². The van der Waals surface area contributed by atoms with Crippen molar-refractivity contribution in [2.24, 2.45) is 5.92 Å². The van der Waals surface area contributed by atoms with Gasteiger partial charge in [0.25, 0.3) is 0 Å². The molecular weight excluding hydrogens is 212 g/mol. The molecule has 4 heteroatoms. The van der Waals surface area contributed by atoms with Gasteiger partial charge in [-0.15, -0.1) is 0 Å². The van der Waals surface area contributed by atoms with E-state index in [2.05, 4.69) is 33.1 Å². The molecule has 4 nitrogen and oxygen atoms in total. The lowest BCUT2D eigenvalue weighted by Gasteiger charge is -2.30. The molecule has 2 fully saturated rings. The average molecular weight is 234 g/mol. The van der Waals surface area contributed by atoms with Crippen LogP contribution >= 0.6 is 0 Å². The van der Waals surface area contributed by atoms with Crippen LogP contribution in [0.1, 0.15) is 25.7 Å². The van der Waals surface area contributed by atoms with Crippen LogP contribution in [0.5, 0.6) is 0 Å². The highest BCUT2D eigenvalue weighted by molar-refractivity contribution is 5.35. The standard InChI is InChI=1S/C13H22N4/c1-16-8-5-12(6-9-16)15-13-4-7-14-17(13)10-11-2-3-11/h4,7,11-12,15H,2-3,5-6,8-10H2,1H3. The predicted octanol–water partition coefficient (Wildman–Crippen LogP) is 1.80. The Morgan fingerprint density at radius 2 is 2.06 bits per heavy atom. The molecule has 2 heterocycles. The zero-order valence-corrected chi connectivity index (χ0v) is 10.6. The van der Waals surface area contributed by atoms with Crippen molar-refractivity contribution < 1.29 is 0 Å². The summed E-state index contributed by atoms with van der Waals surface area (Å²) >= 11 is 0. The first kappa shape index (κ1) is 11.1. The maximum absolute atomic E-state index is 4.42. The number of hydrogen-bond acceptors (Lipinski definition) is 3. The van der Waals surface area contributed by atoms with E-state index in [-0.39, 0.29) is 0 Å². The van der Waals surface area contributed by atoms with Gasteiger partial charge in [0.1, 0.15) is 5.82 Å². The van der Waals surface area contributed by atoms with Crippen LogP contribution in [0.25, 0.3) is 0 Å². The van der Waals surface area contributed by atoms with Gasteiger partial charge < -0.3 is 10.2 Å². The monoisotopic (exact) mass is 234 g/mol. The Bertz CT molecular complexity index is 361. The first-order valence-electron chi connectivity index (χ1n) is 6.78. The van der Waals surface area contributed by atoms with E-state index in [9.17, 15) is 0 Å². The summed E-state index contributed by atoms with van der Waals surface area (Å²) in [5.41, 5.74) is 0. The van der Waals surface area contributed by atoms with Crippen LogP contribution in [0.4, 0.5) is 5.82 Å². The van der Waals surface area contributed by atoms with Crippen LogP contribution in [0.15, 0.2) is 12.3 Å². The molecule has 1 aliphatic heterocycles. The summed E-state index contributed by atoms with van der Waals surface area (Å²) in [5, 5.41) is 8.08. The second-order valence-corrected chi connectivity index (χ2v) is 5.56. The Balaban J connectivity index is 1.58. The number of rotatable bonds is 4. The molecular formula is C13H22N4. The fraction of sp³-hybridized carbons (Fsp3) is 0.769. The molecule has 17 heavy (non-hydrogen) atoms. The predicted molar refractivity (Wildman–Crippen MR) is 69.1 cm³/mol. The molecule has 1 saturated heterocycles. The van der Waals surface area contributed by atoms with Gasteiger partial charge in [-0.05, 0) is 51.7 Å². The summed E-state index contributed by atoms with van der Waals surface area (Å²) in [6.07, 6.45) is 7.16. The van der Waals surface area contributed by atoms with Gasteiger partial charge in [-0.3, -0.25) is 0 Å². The van der Waals surface area contributed by atoms with Crippen LogP contribution in [-0.4, -0.2) is 40.9 Å². The minimum atomic E-state index is 0.626. The maximum atomic E-state index is 4.42. The first-order chi connectivity index (χ1) is 8.31. The summed E-state index contributed by atoms with van der Waals surface area (Å²) in [5.74, 6) is 2.10. The van der Waals surface area contributed by atoms with Crippen LogP contribution in [0, 0.1) is 5.92 Å². The number of piperidine rings is 1. The Kier molecular flexibility index (Phi) is 3.05. The smallest absolute Gasteiger partial charge is 0.124 e. The van der Waals surface area contributed by atoms with E-state index in [0.29, 0.717) is 6.04 Å². The molecule has 0 aromatic carbocycles. The van der Waals surface area contributed by atoms with E-state index in [1.807, 2.05) is 6.20 Å². The average Bonchev–Trinajstić information content (AvgIpc) is 3.03. The van der Waals surface area contributed by atoms with Crippen LogP contribution in [0.2, 0.25) is 0 Å². The molecule has 0 spiro atoms. The highest BCUT2D eigenvalue weighted by Crippen LogP contribution is 2.31. The lowest BCUT2D eigenvalue weighted by molar-refractivity contribution is 0.263. The van der Waals surface area contributed by atoms with Gasteiger partial charge in [0.15, 0.2) is 0 Å². The van der Waals surface area contributed by atoms with Crippen molar-refractivity contribution in [3.63, 3.8) is 0 Å². The summed E-state index contributed by atoms with van der Waals surface area (Å²) in [6.45, 7) is 3.50. The molecule has 0 bridgehead atoms. The van der Waals surface area contributed by atoms with Crippen molar-refractivity contribution in [3.05, 3.63) is 12.3 Å². The van der Waals surface area contributed by atoms with Crippen LogP contribution < -0.4 is 5.32 Å². The molecule has 1 aliphatic carbocycles. The maximum Gasteiger partial charge on any atom is 0.124 e. The van der Waals surface area contributed by atoms with Crippen molar-refractivity contribution in [3.8, 4) is 0 Å². The minimum Gasteiger partial charge on any atom is -0.367 e. The molecule has 3 rings (SSSR count). The van der Waals surface area contributed by atoms with E-state index < -0.39 is 0 Å². The quantitative estimate of drug-likeness (QED) is 0.862. The van der Waals surface area contributed by atoms with Gasteiger partial charge in [0, 0.05) is 18.7 Å². The van der Waals surface area contributed by atoms with Gasteiger partial charge in [0.2, 0.25) is 0 Å². The molecule has 2 aliphatic rings.